The molecule has 4 amide bonds. The Morgan fingerprint density at radius 2 is 1.61 bits per heavy atom. The highest BCUT2D eigenvalue weighted by molar-refractivity contribution is 6.06. The molecule has 0 atom stereocenters. The van der Waals surface area contributed by atoms with Crippen LogP contribution in [0.3, 0.4) is 0 Å². The summed E-state index contributed by atoms with van der Waals surface area (Å²) in [4.78, 5) is 42.6. The number of carbonyl (C=O) groups is 3. The number of carbonyl (C=O) groups excluding carboxylic acids is 3. The van der Waals surface area contributed by atoms with Gasteiger partial charge in [-0.15, -0.1) is 0 Å². The Bertz CT molecular complexity index is 1490. The van der Waals surface area contributed by atoms with Crippen molar-refractivity contribution in [1.82, 2.24) is 9.80 Å². The summed E-state index contributed by atoms with van der Waals surface area (Å²) < 4.78 is 37.7. The second-order valence-corrected chi connectivity index (χ2v) is 11.9. The lowest BCUT2D eigenvalue weighted by Crippen LogP contribution is -2.40. The fraction of sp³-hybridized carbons (Fsp3) is 0.382. The van der Waals surface area contributed by atoms with Gasteiger partial charge >= 0.3 is 12.1 Å². The lowest BCUT2D eigenvalue weighted by Gasteiger charge is -2.28. The molecule has 0 saturated carbocycles. The third-order valence-corrected chi connectivity index (χ3v) is 7.13. The van der Waals surface area contributed by atoms with Gasteiger partial charge in [-0.3, -0.25) is 15.0 Å². The first kappa shape index (κ1) is 34.3. The van der Waals surface area contributed by atoms with Gasteiger partial charge in [-0.2, -0.15) is 0 Å². The predicted octanol–water partition coefficient (Wildman–Crippen LogP) is 6.65. The largest absolute Gasteiger partial charge is 0.444 e. The Morgan fingerprint density at radius 3 is 2.26 bits per heavy atom. The van der Waals surface area contributed by atoms with Gasteiger partial charge in [0.15, 0.2) is 0 Å². The summed E-state index contributed by atoms with van der Waals surface area (Å²) in [5, 5.41) is 8.24. The number of hydrogen-bond acceptors (Lipinski definition) is 6. The van der Waals surface area contributed by atoms with E-state index in [1.165, 1.54) is 12.1 Å². The topological polar surface area (TPSA) is 112 Å². The number of urea groups is 1. The van der Waals surface area contributed by atoms with Crippen LogP contribution in [0.5, 0.6) is 0 Å². The van der Waals surface area contributed by atoms with Crippen LogP contribution in [0.1, 0.15) is 48.7 Å². The smallest absolute Gasteiger partial charge is 0.412 e. The van der Waals surface area contributed by atoms with E-state index in [4.69, 9.17) is 9.47 Å². The van der Waals surface area contributed by atoms with Gasteiger partial charge in [-0.1, -0.05) is 24.3 Å². The van der Waals surface area contributed by atoms with Crippen molar-refractivity contribution in [2.24, 2.45) is 0 Å². The van der Waals surface area contributed by atoms with E-state index >= 15 is 0 Å². The number of ether oxygens (including phenoxy) is 2. The Hall–Kier alpha value is -4.55. The maximum atomic E-state index is 13.8. The highest BCUT2D eigenvalue weighted by Crippen LogP contribution is 2.23. The summed E-state index contributed by atoms with van der Waals surface area (Å²) in [6, 6.07) is 17.0. The van der Waals surface area contributed by atoms with Gasteiger partial charge in [0, 0.05) is 49.5 Å². The standard InChI is InChI=1S/C34H41F2N5O5/c1-34(2,3)46-33(44)39-30-8-5-4-7-29(30)38-31(42)25-11-9-24(10-12-25)23-41(16-6-15-40-17-19-45-20-18-40)32(43)37-27-13-14-28(36)26(21-27)22-35/h4-5,7-14,21H,6,15-20,22-23H2,1-3H3,(H,37,43)(H,38,42)(H,39,44). The van der Waals surface area contributed by atoms with Gasteiger partial charge in [0.1, 0.15) is 18.1 Å². The summed E-state index contributed by atoms with van der Waals surface area (Å²) in [6.45, 7) is 8.79. The molecule has 1 saturated heterocycles. The number of morpholine rings is 1. The third-order valence-electron chi connectivity index (χ3n) is 7.13. The van der Waals surface area contributed by atoms with E-state index < -0.39 is 30.2 Å². The summed E-state index contributed by atoms with van der Waals surface area (Å²) in [5.41, 5.74) is 1.45. The molecule has 3 N–H and O–H groups in total. The van der Waals surface area contributed by atoms with Gasteiger partial charge < -0.3 is 25.0 Å². The van der Waals surface area contributed by atoms with E-state index in [2.05, 4.69) is 20.9 Å². The van der Waals surface area contributed by atoms with Crippen LogP contribution in [-0.2, 0) is 22.7 Å². The van der Waals surface area contributed by atoms with E-state index in [0.29, 0.717) is 48.8 Å². The minimum absolute atomic E-state index is 0.131. The molecule has 0 spiro atoms. The molecule has 0 bridgehead atoms. The zero-order valence-corrected chi connectivity index (χ0v) is 26.4. The molecule has 10 nitrogen and oxygen atoms in total. The van der Waals surface area contributed by atoms with E-state index in [1.54, 1.807) is 74.2 Å². The summed E-state index contributed by atoms with van der Waals surface area (Å²) in [6.07, 6.45) is 0.0726. The van der Waals surface area contributed by atoms with Crippen molar-refractivity contribution in [3.05, 3.63) is 89.2 Å². The number of anilines is 3. The molecule has 3 aromatic rings. The second-order valence-electron chi connectivity index (χ2n) is 11.9. The van der Waals surface area contributed by atoms with Gasteiger partial charge in [0.2, 0.25) is 0 Å². The second kappa shape index (κ2) is 16.1. The Kier molecular flexibility index (Phi) is 12.0. The van der Waals surface area contributed by atoms with Crippen LogP contribution in [0.25, 0.3) is 0 Å². The normalized spacial score (nSPS) is 13.5. The zero-order chi connectivity index (χ0) is 33.1. The number of nitrogens with zero attached hydrogens (tertiary/aromatic N) is 2. The molecule has 246 valence electrons. The minimum Gasteiger partial charge on any atom is -0.444 e. The summed E-state index contributed by atoms with van der Waals surface area (Å²) in [7, 11) is 0. The number of nitrogens with one attached hydrogen (secondary N) is 3. The minimum atomic E-state index is -0.982. The van der Waals surface area contributed by atoms with Gasteiger partial charge in [-0.25, -0.2) is 18.4 Å². The van der Waals surface area contributed by atoms with Crippen LogP contribution in [0.15, 0.2) is 66.7 Å². The number of benzene rings is 3. The monoisotopic (exact) mass is 637 g/mol. The average molecular weight is 638 g/mol. The maximum absolute atomic E-state index is 13.8. The van der Waals surface area contributed by atoms with Crippen LogP contribution in [0.4, 0.5) is 35.4 Å². The van der Waals surface area contributed by atoms with Crippen molar-refractivity contribution >= 4 is 35.1 Å². The van der Waals surface area contributed by atoms with E-state index in [9.17, 15) is 23.2 Å². The molecule has 3 aromatic carbocycles. The van der Waals surface area contributed by atoms with Gasteiger partial charge in [0.05, 0.1) is 24.6 Å². The van der Waals surface area contributed by atoms with Crippen molar-refractivity contribution in [3.63, 3.8) is 0 Å². The number of hydrogen-bond donors (Lipinski definition) is 3. The fourth-order valence-electron chi connectivity index (χ4n) is 4.81. The Balaban J connectivity index is 1.42. The molecule has 1 heterocycles. The van der Waals surface area contributed by atoms with E-state index in [-0.39, 0.29) is 18.0 Å². The highest BCUT2D eigenvalue weighted by Gasteiger charge is 2.19. The molecule has 1 fully saturated rings. The average Bonchev–Trinajstić information content (AvgIpc) is 3.02. The van der Waals surface area contributed by atoms with Crippen molar-refractivity contribution in [2.45, 2.75) is 46.0 Å². The number of alkyl halides is 1. The number of para-hydroxylation sites is 2. The Labute approximate surface area is 268 Å². The fourth-order valence-corrected chi connectivity index (χ4v) is 4.81. The number of halogens is 2. The summed E-state index contributed by atoms with van der Waals surface area (Å²) in [5.74, 6) is -1.06. The number of amides is 4. The maximum Gasteiger partial charge on any atom is 0.412 e. The molecular formula is C34H41F2N5O5. The van der Waals surface area contributed by atoms with Crippen LogP contribution in [0, 0.1) is 5.82 Å². The van der Waals surface area contributed by atoms with Gasteiger partial charge in [-0.05, 0) is 75.2 Å². The summed E-state index contributed by atoms with van der Waals surface area (Å²) >= 11 is 0. The molecule has 12 heteroatoms. The molecule has 0 aliphatic carbocycles. The molecular weight excluding hydrogens is 596 g/mol. The first-order chi connectivity index (χ1) is 22.0. The van der Waals surface area contributed by atoms with Crippen molar-refractivity contribution in [2.75, 3.05) is 55.3 Å². The first-order valence-electron chi connectivity index (χ1n) is 15.2. The molecule has 0 aromatic heterocycles. The third kappa shape index (κ3) is 10.5. The van der Waals surface area contributed by atoms with Crippen LogP contribution in [-0.4, -0.2) is 72.8 Å². The van der Waals surface area contributed by atoms with Crippen LogP contribution < -0.4 is 16.0 Å². The first-order valence-corrected chi connectivity index (χ1v) is 15.2. The van der Waals surface area contributed by atoms with Crippen LogP contribution in [0.2, 0.25) is 0 Å². The SMILES string of the molecule is CC(C)(C)OC(=O)Nc1ccccc1NC(=O)c1ccc(CN(CCCN2CCOCC2)C(=O)Nc2ccc(F)c(CF)c2)cc1. The highest BCUT2D eigenvalue weighted by atomic mass is 19.1. The van der Waals surface area contributed by atoms with Crippen molar-refractivity contribution < 1.29 is 32.6 Å². The van der Waals surface area contributed by atoms with E-state index in [0.717, 1.165) is 31.3 Å². The Morgan fingerprint density at radius 1 is 0.935 bits per heavy atom. The quantitative estimate of drug-likeness (QED) is 0.217. The lowest BCUT2D eigenvalue weighted by molar-refractivity contribution is 0.0365. The molecule has 1 aliphatic rings. The molecule has 0 unspecified atom stereocenters. The molecule has 1 aliphatic heterocycles. The predicted molar refractivity (Wildman–Crippen MR) is 173 cm³/mol. The lowest BCUT2D eigenvalue weighted by atomic mass is 10.1. The van der Waals surface area contributed by atoms with Crippen LogP contribution >= 0.6 is 0 Å². The number of rotatable bonds is 11. The molecule has 4 rings (SSSR count). The molecule has 46 heavy (non-hydrogen) atoms. The van der Waals surface area contributed by atoms with Crippen molar-refractivity contribution in [1.29, 1.82) is 0 Å². The van der Waals surface area contributed by atoms with E-state index in [1.807, 2.05) is 0 Å². The van der Waals surface area contributed by atoms with Gasteiger partial charge in [0.25, 0.3) is 5.91 Å². The zero-order valence-electron chi connectivity index (χ0n) is 26.4. The molecule has 0 radical (unpaired) electrons. The van der Waals surface area contributed by atoms with Crippen molar-refractivity contribution in [3.8, 4) is 0 Å².